The van der Waals surface area contributed by atoms with Gasteiger partial charge in [-0.2, -0.15) is 0 Å². The first-order chi connectivity index (χ1) is 8.63. The Morgan fingerprint density at radius 2 is 2.33 bits per heavy atom. The van der Waals surface area contributed by atoms with Gasteiger partial charge in [0.2, 0.25) is 5.91 Å². The van der Waals surface area contributed by atoms with Gasteiger partial charge in [0.15, 0.2) is 0 Å². The lowest BCUT2D eigenvalue weighted by atomic mass is 10.0. The fourth-order valence-corrected chi connectivity index (χ4v) is 2.84. The fourth-order valence-electron chi connectivity index (χ4n) is 2.14. The first-order valence-electron chi connectivity index (χ1n) is 6.62. The topological polar surface area (TPSA) is 38.8 Å². The Morgan fingerprint density at radius 3 is 2.94 bits per heavy atom. The van der Waals surface area contributed by atoms with E-state index in [4.69, 9.17) is 9.47 Å². The molecule has 0 saturated carbocycles. The molecular formula is C13H24BrNO3. The summed E-state index contributed by atoms with van der Waals surface area (Å²) < 4.78 is 10.7. The molecule has 0 aliphatic carbocycles. The van der Waals surface area contributed by atoms with Crippen molar-refractivity contribution < 1.29 is 14.3 Å². The smallest absolute Gasteiger partial charge is 0.222 e. The Hall–Kier alpha value is -0.130. The number of methoxy groups -OCH3 is 1. The number of nitrogens with zero attached hydrogens (tertiary/aromatic N) is 1. The van der Waals surface area contributed by atoms with E-state index in [1.807, 2.05) is 7.05 Å². The number of ether oxygens (including phenoxy) is 2. The molecular weight excluding hydrogens is 298 g/mol. The minimum atomic E-state index is 0.185. The zero-order valence-electron chi connectivity index (χ0n) is 11.4. The highest BCUT2D eigenvalue weighted by Crippen LogP contribution is 2.17. The summed E-state index contributed by atoms with van der Waals surface area (Å²) >= 11 is 3.49. The molecule has 106 valence electrons. The molecule has 5 heteroatoms. The molecule has 1 aliphatic rings. The predicted molar refractivity (Wildman–Crippen MR) is 75.1 cm³/mol. The van der Waals surface area contributed by atoms with Gasteiger partial charge in [0, 0.05) is 33.7 Å². The highest BCUT2D eigenvalue weighted by atomic mass is 79.9. The summed E-state index contributed by atoms with van der Waals surface area (Å²) in [6.07, 6.45) is 5.20. The van der Waals surface area contributed by atoms with E-state index in [9.17, 15) is 4.79 Å². The van der Waals surface area contributed by atoms with Crippen molar-refractivity contribution in [2.24, 2.45) is 0 Å². The quantitative estimate of drug-likeness (QED) is 0.675. The molecule has 0 aromatic heterocycles. The zero-order chi connectivity index (χ0) is 13.4. The molecule has 1 fully saturated rings. The average molecular weight is 322 g/mol. The summed E-state index contributed by atoms with van der Waals surface area (Å²) in [4.78, 5) is 13.9. The van der Waals surface area contributed by atoms with E-state index in [2.05, 4.69) is 15.9 Å². The lowest BCUT2D eigenvalue weighted by Gasteiger charge is -2.24. The molecule has 1 saturated heterocycles. The lowest BCUT2D eigenvalue weighted by molar-refractivity contribution is -0.131. The molecule has 2 unspecified atom stereocenters. The standard InChI is InChI=1S/C13H24BrNO3/c1-15(9-11(14)10-17-2)13(16)7-6-12-5-3-4-8-18-12/h11-12H,3-10H2,1-2H3. The van der Waals surface area contributed by atoms with Gasteiger partial charge in [0.25, 0.3) is 0 Å². The van der Waals surface area contributed by atoms with E-state index in [1.54, 1.807) is 12.0 Å². The highest BCUT2D eigenvalue weighted by molar-refractivity contribution is 9.09. The number of hydrogen-bond acceptors (Lipinski definition) is 3. The molecule has 0 N–H and O–H groups in total. The molecule has 0 spiro atoms. The van der Waals surface area contributed by atoms with Crippen LogP contribution in [0, 0.1) is 0 Å². The Bertz CT molecular complexity index is 244. The number of hydrogen-bond donors (Lipinski definition) is 0. The number of alkyl halides is 1. The summed E-state index contributed by atoms with van der Waals surface area (Å²) in [6.45, 7) is 2.15. The zero-order valence-corrected chi connectivity index (χ0v) is 12.9. The first kappa shape index (κ1) is 15.9. The van der Waals surface area contributed by atoms with Gasteiger partial charge in [-0.15, -0.1) is 0 Å². The van der Waals surface area contributed by atoms with E-state index in [0.717, 1.165) is 25.9 Å². The summed E-state index contributed by atoms with van der Waals surface area (Å²) in [5.41, 5.74) is 0. The normalized spacial score (nSPS) is 21.6. The van der Waals surface area contributed by atoms with Gasteiger partial charge in [0.05, 0.1) is 17.5 Å². The highest BCUT2D eigenvalue weighted by Gasteiger charge is 2.18. The van der Waals surface area contributed by atoms with E-state index in [1.165, 1.54) is 6.42 Å². The predicted octanol–water partition coefficient (Wildman–Crippen LogP) is 2.20. The summed E-state index contributed by atoms with van der Waals surface area (Å²) in [7, 11) is 3.50. The third-order valence-corrected chi connectivity index (χ3v) is 3.75. The van der Waals surface area contributed by atoms with Crippen LogP contribution in [-0.4, -0.2) is 55.7 Å². The molecule has 1 heterocycles. The lowest BCUT2D eigenvalue weighted by Crippen LogP contribution is -2.34. The largest absolute Gasteiger partial charge is 0.383 e. The fraction of sp³-hybridized carbons (Fsp3) is 0.923. The summed E-state index contributed by atoms with van der Waals surface area (Å²) in [5.74, 6) is 0.185. The second-order valence-electron chi connectivity index (χ2n) is 4.85. The maximum atomic E-state index is 11.9. The number of carbonyl (C=O) groups is 1. The van der Waals surface area contributed by atoms with Crippen molar-refractivity contribution in [3.8, 4) is 0 Å². The van der Waals surface area contributed by atoms with E-state index >= 15 is 0 Å². The number of carbonyl (C=O) groups excluding carboxylic acids is 1. The average Bonchev–Trinajstić information content (AvgIpc) is 2.37. The van der Waals surface area contributed by atoms with E-state index in [0.29, 0.717) is 19.6 Å². The van der Waals surface area contributed by atoms with Gasteiger partial charge in [0.1, 0.15) is 0 Å². The van der Waals surface area contributed by atoms with Crippen LogP contribution in [0.1, 0.15) is 32.1 Å². The van der Waals surface area contributed by atoms with Crippen LogP contribution in [0.3, 0.4) is 0 Å². The molecule has 0 aromatic rings. The second-order valence-corrected chi connectivity index (χ2v) is 6.15. The summed E-state index contributed by atoms with van der Waals surface area (Å²) in [6, 6.07) is 0. The Labute approximate surface area is 118 Å². The Kier molecular flexibility index (Phi) is 7.86. The molecule has 2 atom stereocenters. The molecule has 1 rings (SSSR count). The first-order valence-corrected chi connectivity index (χ1v) is 7.53. The van der Waals surface area contributed by atoms with Crippen LogP contribution >= 0.6 is 15.9 Å². The van der Waals surface area contributed by atoms with Crippen LogP contribution in [0.4, 0.5) is 0 Å². The van der Waals surface area contributed by atoms with Gasteiger partial charge in [-0.1, -0.05) is 15.9 Å². The van der Waals surface area contributed by atoms with E-state index < -0.39 is 0 Å². The van der Waals surface area contributed by atoms with Crippen molar-refractivity contribution in [3.63, 3.8) is 0 Å². The molecule has 1 amide bonds. The van der Waals surface area contributed by atoms with Gasteiger partial charge >= 0.3 is 0 Å². The molecule has 0 radical (unpaired) electrons. The third kappa shape index (κ3) is 6.16. The van der Waals surface area contributed by atoms with Crippen molar-refractivity contribution in [2.45, 2.75) is 43.0 Å². The minimum Gasteiger partial charge on any atom is -0.383 e. The number of amides is 1. The van der Waals surface area contributed by atoms with Crippen molar-refractivity contribution >= 4 is 21.8 Å². The molecule has 18 heavy (non-hydrogen) atoms. The maximum Gasteiger partial charge on any atom is 0.222 e. The number of rotatable bonds is 7. The molecule has 4 nitrogen and oxygen atoms in total. The Balaban J connectivity index is 2.18. The van der Waals surface area contributed by atoms with Gasteiger partial charge in [-0.25, -0.2) is 0 Å². The van der Waals surface area contributed by atoms with Crippen LogP contribution in [0.5, 0.6) is 0 Å². The van der Waals surface area contributed by atoms with Crippen molar-refractivity contribution in [1.82, 2.24) is 4.90 Å². The number of halogens is 1. The third-order valence-electron chi connectivity index (χ3n) is 3.20. The minimum absolute atomic E-state index is 0.185. The van der Waals surface area contributed by atoms with Crippen molar-refractivity contribution in [2.75, 3.05) is 33.9 Å². The summed E-state index contributed by atoms with van der Waals surface area (Å²) in [5, 5.41) is 0. The van der Waals surface area contributed by atoms with Gasteiger partial charge < -0.3 is 14.4 Å². The van der Waals surface area contributed by atoms with E-state index in [-0.39, 0.29) is 16.8 Å². The molecule has 0 bridgehead atoms. The van der Waals surface area contributed by atoms with Crippen LogP contribution in [0.2, 0.25) is 0 Å². The van der Waals surface area contributed by atoms with Crippen molar-refractivity contribution in [3.05, 3.63) is 0 Å². The maximum absolute atomic E-state index is 11.9. The van der Waals surface area contributed by atoms with Gasteiger partial charge in [-0.3, -0.25) is 4.79 Å². The Morgan fingerprint density at radius 1 is 1.56 bits per heavy atom. The monoisotopic (exact) mass is 321 g/mol. The SMILES string of the molecule is COCC(Br)CN(C)C(=O)CCC1CCCCO1. The van der Waals surface area contributed by atoms with Crippen LogP contribution in [-0.2, 0) is 14.3 Å². The second kappa shape index (κ2) is 8.88. The van der Waals surface area contributed by atoms with Crippen LogP contribution in [0.15, 0.2) is 0 Å². The molecule has 1 aliphatic heterocycles. The van der Waals surface area contributed by atoms with Crippen molar-refractivity contribution in [1.29, 1.82) is 0 Å². The molecule has 0 aromatic carbocycles. The van der Waals surface area contributed by atoms with Gasteiger partial charge in [-0.05, 0) is 25.7 Å². The van der Waals surface area contributed by atoms with Crippen LogP contribution < -0.4 is 0 Å². The van der Waals surface area contributed by atoms with Crippen LogP contribution in [0.25, 0.3) is 0 Å².